The largest absolute Gasteiger partial charge is 0.329 e. The molecule has 3 atom stereocenters. The SMILES string of the molecule is CC1CCCC(NS(=O)(=O)c2cnc3c(c2)c(=O)[nH]c(=O)n3C)C1C. The van der Waals surface area contributed by atoms with Crippen LogP contribution < -0.4 is 16.0 Å². The van der Waals surface area contributed by atoms with Crippen molar-refractivity contribution in [2.75, 3.05) is 0 Å². The van der Waals surface area contributed by atoms with Crippen molar-refractivity contribution >= 4 is 21.1 Å². The molecule has 2 aromatic heterocycles. The molecule has 0 spiro atoms. The number of nitrogens with one attached hydrogen (secondary N) is 2. The molecule has 136 valence electrons. The van der Waals surface area contributed by atoms with E-state index in [2.05, 4.69) is 28.5 Å². The van der Waals surface area contributed by atoms with Gasteiger partial charge in [-0.15, -0.1) is 0 Å². The van der Waals surface area contributed by atoms with Gasteiger partial charge in [0, 0.05) is 19.3 Å². The summed E-state index contributed by atoms with van der Waals surface area (Å²) in [4.78, 5) is 29.7. The molecule has 0 aromatic carbocycles. The Kier molecular flexibility index (Phi) is 4.54. The molecule has 1 aliphatic rings. The van der Waals surface area contributed by atoms with Crippen LogP contribution in [0.25, 0.3) is 11.0 Å². The molecular weight excluding hydrogens is 344 g/mol. The maximum absolute atomic E-state index is 12.7. The van der Waals surface area contributed by atoms with Gasteiger partial charge in [0.2, 0.25) is 10.0 Å². The molecule has 0 radical (unpaired) electrons. The third-order valence-electron chi connectivity index (χ3n) is 5.25. The maximum atomic E-state index is 12.7. The molecule has 0 amide bonds. The van der Waals surface area contributed by atoms with E-state index < -0.39 is 21.3 Å². The van der Waals surface area contributed by atoms with E-state index in [0.717, 1.165) is 19.3 Å². The van der Waals surface area contributed by atoms with Gasteiger partial charge in [-0.05, 0) is 24.3 Å². The van der Waals surface area contributed by atoms with E-state index in [1.165, 1.54) is 23.9 Å². The summed E-state index contributed by atoms with van der Waals surface area (Å²) in [6.07, 6.45) is 4.05. The Bertz CT molecular complexity index is 1020. The van der Waals surface area contributed by atoms with Crippen LogP contribution in [0, 0.1) is 11.8 Å². The Hall–Kier alpha value is -2.00. The monoisotopic (exact) mass is 366 g/mol. The van der Waals surface area contributed by atoms with E-state index in [0.29, 0.717) is 5.92 Å². The molecule has 9 heteroatoms. The Labute approximate surface area is 145 Å². The molecule has 3 unspecified atom stereocenters. The van der Waals surface area contributed by atoms with E-state index in [1.54, 1.807) is 0 Å². The van der Waals surface area contributed by atoms with E-state index in [9.17, 15) is 18.0 Å². The van der Waals surface area contributed by atoms with Gasteiger partial charge in [-0.1, -0.05) is 26.7 Å². The number of pyridine rings is 1. The van der Waals surface area contributed by atoms with E-state index in [4.69, 9.17) is 0 Å². The number of aryl methyl sites for hydroxylation is 1. The van der Waals surface area contributed by atoms with E-state index in [-0.39, 0.29) is 27.9 Å². The first kappa shape index (κ1) is 17.8. The van der Waals surface area contributed by atoms with Gasteiger partial charge in [-0.25, -0.2) is 22.9 Å². The average Bonchev–Trinajstić information content (AvgIpc) is 2.56. The fourth-order valence-corrected chi connectivity index (χ4v) is 4.71. The minimum Gasteiger partial charge on any atom is -0.281 e. The summed E-state index contributed by atoms with van der Waals surface area (Å²) in [5.41, 5.74) is -1.10. The highest BCUT2D eigenvalue weighted by molar-refractivity contribution is 7.89. The van der Waals surface area contributed by atoms with E-state index >= 15 is 0 Å². The van der Waals surface area contributed by atoms with Gasteiger partial charge >= 0.3 is 5.69 Å². The van der Waals surface area contributed by atoms with Gasteiger partial charge < -0.3 is 0 Å². The highest BCUT2D eigenvalue weighted by Gasteiger charge is 2.31. The molecule has 1 aliphatic carbocycles. The van der Waals surface area contributed by atoms with Gasteiger partial charge in [0.15, 0.2) is 0 Å². The summed E-state index contributed by atoms with van der Waals surface area (Å²) in [5.74, 6) is 0.690. The molecule has 3 rings (SSSR count). The van der Waals surface area contributed by atoms with Crippen molar-refractivity contribution in [2.24, 2.45) is 18.9 Å². The van der Waals surface area contributed by atoms with Crippen LogP contribution in [0.2, 0.25) is 0 Å². The van der Waals surface area contributed by atoms with Crippen LogP contribution in [-0.2, 0) is 17.1 Å². The molecule has 0 saturated heterocycles. The molecule has 2 aromatic rings. The number of sulfonamides is 1. The number of aromatic amines is 1. The predicted molar refractivity (Wildman–Crippen MR) is 93.9 cm³/mol. The van der Waals surface area contributed by atoms with Crippen LogP contribution in [0.3, 0.4) is 0 Å². The first-order valence-corrected chi connectivity index (χ1v) is 9.80. The van der Waals surface area contributed by atoms with Crippen LogP contribution >= 0.6 is 0 Å². The highest BCUT2D eigenvalue weighted by atomic mass is 32.2. The lowest BCUT2D eigenvalue weighted by Gasteiger charge is -2.34. The maximum Gasteiger partial charge on any atom is 0.329 e. The molecule has 0 aliphatic heterocycles. The first-order chi connectivity index (χ1) is 11.7. The zero-order valence-corrected chi connectivity index (χ0v) is 15.3. The predicted octanol–water partition coefficient (Wildman–Crippen LogP) is 0.725. The van der Waals surface area contributed by atoms with Gasteiger partial charge in [0.05, 0.1) is 5.39 Å². The standard InChI is InChI=1S/C16H22N4O4S/c1-9-5-4-6-13(10(9)2)19-25(23,24)11-7-12-14(17-8-11)20(3)16(22)18-15(12)21/h7-10,13,19H,4-6H2,1-3H3,(H,18,21,22). The fourth-order valence-electron chi connectivity index (χ4n) is 3.38. The van der Waals surface area contributed by atoms with Crippen molar-refractivity contribution in [2.45, 2.75) is 44.0 Å². The normalized spacial score (nSPS) is 24.5. The van der Waals surface area contributed by atoms with Crippen molar-refractivity contribution < 1.29 is 8.42 Å². The zero-order valence-electron chi connectivity index (χ0n) is 14.4. The summed E-state index contributed by atoms with van der Waals surface area (Å²) in [5, 5.41) is 0.0648. The fraction of sp³-hybridized carbons (Fsp3) is 0.562. The third-order valence-corrected chi connectivity index (χ3v) is 6.71. The summed E-state index contributed by atoms with van der Waals surface area (Å²) in [6, 6.07) is 1.13. The van der Waals surface area contributed by atoms with Crippen LogP contribution in [0.4, 0.5) is 0 Å². The molecule has 0 bridgehead atoms. The van der Waals surface area contributed by atoms with E-state index in [1.807, 2.05) is 0 Å². The molecule has 8 nitrogen and oxygen atoms in total. The van der Waals surface area contributed by atoms with Gasteiger partial charge in [0.25, 0.3) is 5.56 Å². The lowest BCUT2D eigenvalue weighted by atomic mass is 9.78. The van der Waals surface area contributed by atoms with Crippen molar-refractivity contribution in [3.8, 4) is 0 Å². The Morgan fingerprint density at radius 1 is 1.28 bits per heavy atom. The van der Waals surface area contributed by atoms with Gasteiger partial charge in [-0.3, -0.25) is 14.3 Å². The van der Waals surface area contributed by atoms with Crippen LogP contribution in [0.15, 0.2) is 26.7 Å². The van der Waals surface area contributed by atoms with Crippen LogP contribution in [0.1, 0.15) is 33.1 Å². The Morgan fingerprint density at radius 2 is 2.00 bits per heavy atom. The summed E-state index contributed by atoms with van der Waals surface area (Å²) >= 11 is 0. The number of hydrogen-bond acceptors (Lipinski definition) is 5. The Morgan fingerprint density at radius 3 is 2.72 bits per heavy atom. The molecule has 25 heavy (non-hydrogen) atoms. The second kappa shape index (κ2) is 6.38. The van der Waals surface area contributed by atoms with Gasteiger partial charge in [0.1, 0.15) is 10.5 Å². The molecular formula is C16H22N4O4S. The molecule has 1 fully saturated rings. The highest BCUT2D eigenvalue weighted by Crippen LogP contribution is 2.30. The second-order valence-corrected chi connectivity index (χ2v) is 8.57. The number of hydrogen-bond donors (Lipinski definition) is 2. The topological polar surface area (TPSA) is 114 Å². The summed E-state index contributed by atoms with van der Waals surface area (Å²) in [7, 11) is -2.34. The Balaban J connectivity index is 2.00. The first-order valence-electron chi connectivity index (χ1n) is 8.32. The quantitative estimate of drug-likeness (QED) is 0.831. The van der Waals surface area contributed by atoms with Crippen molar-refractivity contribution in [3.05, 3.63) is 33.1 Å². The second-order valence-electron chi connectivity index (χ2n) is 6.86. The van der Waals surface area contributed by atoms with Crippen LogP contribution in [-0.4, -0.2) is 29.0 Å². The van der Waals surface area contributed by atoms with Gasteiger partial charge in [-0.2, -0.15) is 0 Å². The van der Waals surface area contributed by atoms with Crippen molar-refractivity contribution in [3.63, 3.8) is 0 Å². The summed E-state index contributed by atoms with van der Waals surface area (Å²) < 4.78 is 29.4. The lowest BCUT2D eigenvalue weighted by Crippen LogP contribution is -2.43. The zero-order chi connectivity index (χ0) is 18.4. The number of H-pyrrole nitrogens is 1. The minimum atomic E-state index is -3.80. The van der Waals surface area contributed by atoms with Crippen LogP contribution in [0.5, 0.6) is 0 Å². The number of fused-ring (bicyclic) bond motifs is 1. The minimum absolute atomic E-state index is 0.0648. The summed E-state index contributed by atoms with van der Waals surface area (Å²) in [6.45, 7) is 4.18. The van der Waals surface area contributed by atoms with Crippen molar-refractivity contribution in [1.29, 1.82) is 0 Å². The molecule has 2 heterocycles. The molecule has 1 saturated carbocycles. The van der Waals surface area contributed by atoms with Crippen molar-refractivity contribution in [1.82, 2.24) is 19.3 Å². The number of nitrogens with zero attached hydrogens (tertiary/aromatic N) is 2. The smallest absolute Gasteiger partial charge is 0.281 e. The number of aromatic nitrogens is 3. The average molecular weight is 366 g/mol. The lowest BCUT2D eigenvalue weighted by molar-refractivity contribution is 0.227. The molecule has 2 N–H and O–H groups in total. The third kappa shape index (κ3) is 3.25. The number of rotatable bonds is 3.